The highest BCUT2D eigenvalue weighted by Crippen LogP contribution is 2.24. The van der Waals surface area contributed by atoms with Gasteiger partial charge in [-0.15, -0.1) is 0 Å². The second-order valence-corrected chi connectivity index (χ2v) is 7.56. The van der Waals surface area contributed by atoms with Crippen LogP contribution in [0.3, 0.4) is 0 Å². The summed E-state index contributed by atoms with van der Waals surface area (Å²) in [6, 6.07) is 15.0. The summed E-state index contributed by atoms with van der Waals surface area (Å²) in [5.74, 6) is -0.0622. The van der Waals surface area contributed by atoms with Gasteiger partial charge in [0.2, 0.25) is 0 Å². The molecule has 1 aromatic heterocycles. The first-order chi connectivity index (χ1) is 14.0. The van der Waals surface area contributed by atoms with Gasteiger partial charge in [0.1, 0.15) is 6.61 Å². The van der Waals surface area contributed by atoms with Crippen LogP contribution in [0, 0.1) is 6.92 Å². The zero-order valence-electron chi connectivity index (χ0n) is 15.8. The average Bonchev–Trinajstić information content (AvgIpc) is 3.07. The summed E-state index contributed by atoms with van der Waals surface area (Å²) in [5.41, 5.74) is 3.03. The molecule has 0 bridgehead atoms. The van der Waals surface area contributed by atoms with Crippen LogP contribution in [-0.4, -0.2) is 30.8 Å². The molecule has 0 aliphatic heterocycles. The van der Waals surface area contributed by atoms with Crippen LogP contribution in [-0.2, 0) is 28.9 Å². The van der Waals surface area contributed by atoms with E-state index in [9.17, 15) is 9.59 Å². The molecule has 10 heteroatoms. The minimum Gasteiger partial charge on any atom is -0.456 e. The molecular weight excluding hydrogens is 505 g/mol. The lowest BCUT2D eigenvalue weighted by Gasteiger charge is -2.12. The molecule has 0 atom stereocenters. The number of nitrogens with zero attached hydrogens (tertiary/aromatic N) is 5. The monoisotopic (exact) mass is 523 g/mol. The van der Waals surface area contributed by atoms with E-state index in [1.54, 1.807) is 36.0 Å². The number of esters is 1. The Labute approximate surface area is 185 Å². The molecule has 1 heterocycles. The van der Waals surface area contributed by atoms with Crippen molar-refractivity contribution in [3.63, 3.8) is 0 Å². The molecule has 3 aromatic rings. The molecule has 29 heavy (non-hydrogen) atoms. The van der Waals surface area contributed by atoms with Gasteiger partial charge in [0.15, 0.2) is 5.04 Å². The highest BCUT2D eigenvalue weighted by molar-refractivity contribution is 14.1. The number of rotatable bonds is 5. The topological polar surface area (TPSA) is 91.4 Å². The second-order valence-electron chi connectivity index (χ2n) is 6.11. The van der Waals surface area contributed by atoms with E-state index in [-0.39, 0.29) is 17.3 Å². The first kappa shape index (κ1) is 21.2. The van der Waals surface area contributed by atoms with Crippen molar-refractivity contribution in [1.29, 1.82) is 0 Å². The number of carbonyl (C=O) groups excluding carboxylic acids is 1. The maximum atomic E-state index is 12.4. The number of aryl methyl sites for hydroxylation is 2. The van der Waals surface area contributed by atoms with E-state index in [4.69, 9.17) is 4.74 Å². The number of thioether (sulfide) groups is 1. The summed E-state index contributed by atoms with van der Waals surface area (Å²) in [6.45, 7) is 2.12. The van der Waals surface area contributed by atoms with Gasteiger partial charge in [0.25, 0.3) is 0 Å². The number of hydrogen-bond donors (Lipinski definition) is 0. The third-order valence-corrected chi connectivity index (χ3v) is 5.93. The maximum absolute atomic E-state index is 12.4. The van der Waals surface area contributed by atoms with Crippen molar-refractivity contribution < 1.29 is 9.53 Å². The maximum Gasteiger partial charge on any atom is 0.368 e. The Morgan fingerprint density at radius 1 is 1.17 bits per heavy atom. The fourth-order valence-electron chi connectivity index (χ4n) is 2.58. The standard InChI is InChI=1S/C19H18IN5O3S/c1-13-7-6-10-16(25-19(27)24(2)22-23-25)15(13)12-29-17(21-20)18(26)28-11-14-8-4-3-5-9-14/h3-10H,11-12H2,1-2H3/b21-17+. The van der Waals surface area contributed by atoms with Crippen molar-refractivity contribution in [1.82, 2.24) is 19.8 Å². The molecular formula is C19H18IN5O3S. The van der Waals surface area contributed by atoms with E-state index in [0.717, 1.165) is 21.4 Å². The van der Waals surface area contributed by atoms with Gasteiger partial charge in [0.05, 0.1) is 28.6 Å². The summed E-state index contributed by atoms with van der Waals surface area (Å²) in [4.78, 5) is 24.7. The van der Waals surface area contributed by atoms with Crippen molar-refractivity contribution in [2.75, 3.05) is 0 Å². The predicted octanol–water partition coefficient (Wildman–Crippen LogP) is 3.00. The molecule has 0 saturated heterocycles. The summed E-state index contributed by atoms with van der Waals surface area (Å²) in [6.07, 6.45) is 0. The predicted molar refractivity (Wildman–Crippen MR) is 120 cm³/mol. The van der Waals surface area contributed by atoms with E-state index in [1.807, 2.05) is 49.4 Å². The van der Waals surface area contributed by atoms with E-state index in [0.29, 0.717) is 11.4 Å². The van der Waals surface area contributed by atoms with Gasteiger partial charge in [-0.3, -0.25) is 0 Å². The zero-order valence-corrected chi connectivity index (χ0v) is 18.8. The summed E-state index contributed by atoms with van der Waals surface area (Å²) >= 11 is 3.04. The quantitative estimate of drug-likeness (QED) is 0.221. The minimum atomic E-state index is -0.486. The summed E-state index contributed by atoms with van der Waals surface area (Å²) in [5, 5.41) is 7.94. The SMILES string of the molecule is Cc1cccc(-n2nnn(C)c2=O)c1CS/C(=N/I)C(=O)OCc1ccccc1. The number of aromatic nitrogens is 4. The molecule has 150 valence electrons. The van der Waals surface area contributed by atoms with Gasteiger partial charge in [-0.25, -0.2) is 12.8 Å². The van der Waals surface area contributed by atoms with E-state index >= 15 is 0 Å². The molecule has 0 radical (unpaired) electrons. The Hall–Kier alpha value is -2.47. The molecule has 0 unspecified atom stereocenters. The van der Waals surface area contributed by atoms with Crippen LogP contribution in [0.15, 0.2) is 56.5 Å². The molecule has 8 nitrogen and oxygen atoms in total. The Bertz CT molecular complexity index is 1090. The number of carbonyl (C=O) groups is 1. The molecule has 0 spiro atoms. The van der Waals surface area contributed by atoms with Crippen LogP contribution in [0.25, 0.3) is 5.69 Å². The fraction of sp³-hybridized carbons (Fsp3) is 0.211. The number of tetrazole rings is 1. The molecule has 2 aromatic carbocycles. The minimum absolute atomic E-state index is 0.181. The molecule has 0 saturated carbocycles. The highest BCUT2D eigenvalue weighted by Gasteiger charge is 2.18. The number of halogens is 1. The third-order valence-electron chi connectivity index (χ3n) is 4.15. The van der Waals surface area contributed by atoms with Gasteiger partial charge in [0, 0.05) is 12.8 Å². The van der Waals surface area contributed by atoms with Crippen LogP contribution in [0.1, 0.15) is 16.7 Å². The number of ether oxygens (including phenoxy) is 1. The van der Waals surface area contributed by atoms with Crippen LogP contribution in [0.5, 0.6) is 0 Å². The van der Waals surface area contributed by atoms with E-state index < -0.39 is 5.97 Å². The largest absolute Gasteiger partial charge is 0.456 e. The number of hydrogen-bond acceptors (Lipinski definition) is 7. The van der Waals surface area contributed by atoms with Gasteiger partial charge >= 0.3 is 11.7 Å². The van der Waals surface area contributed by atoms with Crippen molar-refractivity contribution >= 4 is 45.6 Å². The Kier molecular flexibility index (Phi) is 7.20. The average molecular weight is 523 g/mol. The van der Waals surface area contributed by atoms with Crippen LogP contribution >= 0.6 is 34.6 Å². The second kappa shape index (κ2) is 9.83. The molecule has 0 amide bonds. The smallest absolute Gasteiger partial charge is 0.368 e. The Morgan fingerprint density at radius 2 is 1.93 bits per heavy atom. The van der Waals surface area contributed by atoms with Crippen LogP contribution in [0.2, 0.25) is 0 Å². The first-order valence-corrected chi connectivity index (χ1v) is 10.6. The van der Waals surface area contributed by atoms with Gasteiger partial charge in [-0.1, -0.05) is 54.2 Å². The van der Waals surface area contributed by atoms with Gasteiger partial charge in [-0.2, -0.15) is 9.36 Å². The zero-order chi connectivity index (χ0) is 20.8. The van der Waals surface area contributed by atoms with Crippen molar-refractivity contribution in [2.45, 2.75) is 19.3 Å². The van der Waals surface area contributed by atoms with E-state index in [2.05, 4.69) is 13.6 Å². The summed E-state index contributed by atoms with van der Waals surface area (Å²) in [7, 11) is 1.54. The van der Waals surface area contributed by atoms with Crippen molar-refractivity contribution in [3.05, 3.63) is 75.7 Å². The summed E-state index contributed by atoms with van der Waals surface area (Å²) < 4.78 is 11.8. The third kappa shape index (κ3) is 5.12. The van der Waals surface area contributed by atoms with E-state index in [1.165, 1.54) is 16.4 Å². The van der Waals surface area contributed by atoms with Gasteiger partial charge < -0.3 is 4.74 Å². The Morgan fingerprint density at radius 3 is 2.59 bits per heavy atom. The van der Waals surface area contributed by atoms with Crippen molar-refractivity contribution in [2.24, 2.45) is 10.3 Å². The molecule has 3 rings (SSSR count). The van der Waals surface area contributed by atoms with Crippen LogP contribution in [0.4, 0.5) is 0 Å². The lowest BCUT2D eigenvalue weighted by Crippen LogP contribution is -2.23. The molecule has 0 fully saturated rings. The highest BCUT2D eigenvalue weighted by atomic mass is 127. The molecule has 0 N–H and O–H groups in total. The lowest BCUT2D eigenvalue weighted by atomic mass is 10.1. The molecule has 0 aliphatic rings. The fourth-order valence-corrected chi connectivity index (χ4v) is 4.08. The van der Waals surface area contributed by atoms with Crippen molar-refractivity contribution in [3.8, 4) is 5.69 Å². The first-order valence-electron chi connectivity index (χ1n) is 8.62. The van der Waals surface area contributed by atoms with Crippen LogP contribution < -0.4 is 5.69 Å². The molecule has 0 aliphatic carbocycles. The van der Waals surface area contributed by atoms with Gasteiger partial charge in [-0.05, 0) is 40.1 Å². The normalized spacial score (nSPS) is 11.5. The lowest BCUT2D eigenvalue weighted by molar-refractivity contribution is -0.136. The Balaban J connectivity index is 1.74. The number of benzene rings is 2.